The van der Waals surface area contributed by atoms with Gasteiger partial charge in [0.2, 0.25) is 5.91 Å². The fraction of sp³-hybridized carbons (Fsp3) is 0.600. The standard InChI is InChI=1S/C15H20F3N3O/c1-10(8-19-14(22)12-5-3-4-6-12)9-21-13(15(16,17)18)7-11(2)20-21/h3-4,7,10,12H,5-6,8-9H2,1-2H3,(H,19,22). The number of nitrogens with zero attached hydrogens (tertiary/aromatic N) is 2. The van der Waals surface area contributed by atoms with Crippen LogP contribution in [0.4, 0.5) is 13.2 Å². The molecule has 1 atom stereocenters. The van der Waals surface area contributed by atoms with E-state index in [-0.39, 0.29) is 24.3 Å². The molecule has 1 aromatic heterocycles. The van der Waals surface area contributed by atoms with E-state index >= 15 is 0 Å². The minimum atomic E-state index is -4.42. The number of rotatable bonds is 5. The summed E-state index contributed by atoms with van der Waals surface area (Å²) in [5.74, 6) is -0.215. The lowest BCUT2D eigenvalue weighted by Crippen LogP contribution is -2.34. The average Bonchev–Trinajstić information content (AvgIpc) is 3.04. The quantitative estimate of drug-likeness (QED) is 0.849. The van der Waals surface area contributed by atoms with Crippen LogP contribution in [0.2, 0.25) is 0 Å². The number of carbonyl (C=O) groups is 1. The number of halogens is 3. The van der Waals surface area contributed by atoms with Gasteiger partial charge in [-0.2, -0.15) is 18.3 Å². The largest absolute Gasteiger partial charge is 0.433 e. The Kier molecular flexibility index (Phi) is 4.93. The van der Waals surface area contributed by atoms with Crippen LogP contribution in [0, 0.1) is 18.8 Å². The van der Waals surface area contributed by atoms with Gasteiger partial charge in [-0.15, -0.1) is 0 Å². The van der Waals surface area contributed by atoms with Crippen LogP contribution >= 0.6 is 0 Å². The number of allylic oxidation sites excluding steroid dienone is 2. The maximum Gasteiger partial charge on any atom is 0.433 e. The molecule has 2 rings (SSSR count). The number of carbonyl (C=O) groups excluding carboxylic acids is 1. The first-order chi connectivity index (χ1) is 10.3. The first-order valence-electron chi connectivity index (χ1n) is 7.31. The molecule has 0 bridgehead atoms. The molecule has 0 radical (unpaired) electrons. The van der Waals surface area contributed by atoms with Crippen LogP contribution in [0.5, 0.6) is 0 Å². The van der Waals surface area contributed by atoms with Gasteiger partial charge in [0.15, 0.2) is 0 Å². The van der Waals surface area contributed by atoms with E-state index in [2.05, 4.69) is 10.4 Å². The normalized spacial score (nSPS) is 17.0. The summed E-state index contributed by atoms with van der Waals surface area (Å²) in [5.41, 5.74) is -0.413. The van der Waals surface area contributed by atoms with Gasteiger partial charge in [-0.1, -0.05) is 19.1 Å². The van der Waals surface area contributed by atoms with Gasteiger partial charge < -0.3 is 5.32 Å². The Morgan fingerprint density at radius 1 is 1.45 bits per heavy atom. The molecular weight excluding hydrogens is 295 g/mol. The molecule has 1 aromatic rings. The molecule has 1 unspecified atom stereocenters. The molecule has 22 heavy (non-hydrogen) atoms. The molecule has 0 fully saturated rings. The van der Waals surface area contributed by atoms with E-state index in [0.29, 0.717) is 12.2 Å². The molecule has 0 saturated heterocycles. The average molecular weight is 315 g/mol. The molecule has 0 saturated carbocycles. The summed E-state index contributed by atoms with van der Waals surface area (Å²) in [5, 5.41) is 6.70. The van der Waals surface area contributed by atoms with Crippen molar-refractivity contribution < 1.29 is 18.0 Å². The van der Waals surface area contributed by atoms with Gasteiger partial charge in [-0.05, 0) is 31.7 Å². The molecule has 1 amide bonds. The summed E-state index contributed by atoms with van der Waals surface area (Å²) >= 11 is 0. The van der Waals surface area contributed by atoms with E-state index in [1.165, 1.54) is 6.92 Å². The first kappa shape index (κ1) is 16.6. The monoisotopic (exact) mass is 315 g/mol. The second kappa shape index (κ2) is 6.54. The van der Waals surface area contributed by atoms with Gasteiger partial charge in [0.05, 0.1) is 5.69 Å². The van der Waals surface area contributed by atoms with E-state index in [1.54, 1.807) is 6.92 Å². The zero-order valence-corrected chi connectivity index (χ0v) is 12.7. The minimum Gasteiger partial charge on any atom is -0.356 e. The third-order valence-electron chi connectivity index (χ3n) is 3.68. The SMILES string of the molecule is Cc1cc(C(F)(F)F)n(CC(C)CNC(=O)C2CC=CC2)n1. The maximum absolute atomic E-state index is 12.9. The number of nitrogens with one attached hydrogen (secondary N) is 1. The van der Waals surface area contributed by atoms with Crippen LogP contribution < -0.4 is 5.32 Å². The summed E-state index contributed by atoms with van der Waals surface area (Å²) in [6.45, 7) is 3.78. The maximum atomic E-state index is 12.9. The number of hydrogen-bond acceptors (Lipinski definition) is 2. The number of aryl methyl sites for hydroxylation is 1. The summed E-state index contributed by atoms with van der Waals surface area (Å²) in [6.07, 6.45) is 0.985. The van der Waals surface area contributed by atoms with Crippen molar-refractivity contribution >= 4 is 5.91 Å². The van der Waals surface area contributed by atoms with Crippen molar-refractivity contribution in [3.63, 3.8) is 0 Å². The molecule has 1 heterocycles. The van der Waals surface area contributed by atoms with Crippen molar-refractivity contribution in [1.29, 1.82) is 0 Å². The van der Waals surface area contributed by atoms with Crippen molar-refractivity contribution in [2.45, 2.75) is 39.4 Å². The lowest BCUT2D eigenvalue weighted by atomic mass is 10.1. The van der Waals surface area contributed by atoms with Crippen molar-refractivity contribution in [2.24, 2.45) is 11.8 Å². The zero-order valence-electron chi connectivity index (χ0n) is 12.7. The van der Waals surface area contributed by atoms with E-state index in [9.17, 15) is 18.0 Å². The second-order valence-electron chi connectivity index (χ2n) is 5.84. The smallest absolute Gasteiger partial charge is 0.356 e. The Morgan fingerprint density at radius 3 is 2.68 bits per heavy atom. The first-order valence-corrected chi connectivity index (χ1v) is 7.31. The van der Waals surface area contributed by atoms with Crippen molar-refractivity contribution in [3.05, 3.63) is 29.6 Å². The summed E-state index contributed by atoms with van der Waals surface area (Å²) in [7, 11) is 0. The molecule has 0 spiro atoms. The van der Waals surface area contributed by atoms with E-state index in [0.717, 1.165) is 23.6 Å². The highest BCUT2D eigenvalue weighted by Gasteiger charge is 2.35. The lowest BCUT2D eigenvalue weighted by Gasteiger charge is -2.17. The summed E-state index contributed by atoms with van der Waals surface area (Å²) in [6, 6.07) is 1.04. The number of aromatic nitrogens is 2. The van der Waals surface area contributed by atoms with E-state index < -0.39 is 11.9 Å². The zero-order chi connectivity index (χ0) is 16.3. The molecular formula is C15H20F3N3O. The Labute approximate surface area is 127 Å². The fourth-order valence-corrected chi connectivity index (χ4v) is 2.52. The lowest BCUT2D eigenvalue weighted by molar-refractivity contribution is -0.144. The van der Waals surface area contributed by atoms with Crippen LogP contribution in [-0.4, -0.2) is 22.2 Å². The number of amides is 1. The molecule has 1 N–H and O–H groups in total. The van der Waals surface area contributed by atoms with Crippen molar-refractivity contribution in [2.75, 3.05) is 6.54 Å². The highest BCUT2D eigenvalue weighted by molar-refractivity contribution is 5.79. The topological polar surface area (TPSA) is 46.9 Å². The molecule has 1 aliphatic rings. The van der Waals surface area contributed by atoms with Crippen molar-refractivity contribution in [3.8, 4) is 0 Å². The van der Waals surface area contributed by atoms with Gasteiger partial charge in [0.1, 0.15) is 5.69 Å². The van der Waals surface area contributed by atoms with Crippen LogP contribution in [0.15, 0.2) is 18.2 Å². The molecule has 122 valence electrons. The highest BCUT2D eigenvalue weighted by atomic mass is 19.4. The third-order valence-corrected chi connectivity index (χ3v) is 3.68. The molecule has 4 nitrogen and oxygen atoms in total. The van der Waals surface area contributed by atoms with Crippen LogP contribution in [-0.2, 0) is 17.5 Å². The molecule has 7 heteroatoms. The number of alkyl halides is 3. The van der Waals surface area contributed by atoms with Gasteiger partial charge in [-0.25, -0.2) is 0 Å². The Balaban J connectivity index is 1.89. The summed E-state index contributed by atoms with van der Waals surface area (Å²) < 4.78 is 39.7. The second-order valence-corrected chi connectivity index (χ2v) is 5.84. The van der Waals surface area contributed by atoms with Gasteiger partial charge in [0.25, 0.3) is 0 Å². The Morgan fingerprint density at radius 2 is 2.09 bits per heavy atom. The predicted molar refractivity (Wildman–Crippen MR) is 76.0 cm³/mol. The fourth-order valence-electron chi connectivity index (χ4n) is 2.52. The Bertz CT molecular complexity index is 555. The molecule has 1 aliphatic carbocycles. The molecule has 0 aliphatic heterocycles. The third kappa shape index (κ3) is 4.11. The van der Waals surface area contributed by atoms with Gasteiger partial charge in [-0.3, -0.25) is 9.48 Å². The Hall–Kier alpha value is -1.79. The summed E-state index contributed by atoms with van der Waals surface area (Å²) in [4.78, 5) is 11.9. The van der Waals surface area contributed by atoms with E-state index in [4.69, 9.17) is 0 Å². The van der Waals surface area contributed by atoms with Crippen LogP contribution in [0.1, 0.15) is 31.2 Å². The predicted octanol–water partition coefficient (Wildman–Crippen LogP) is 2.93. The van der Waals surface area contributed by atoms with Gasteiger partial charge >= 0.3 is 6.18 Å². The van der Waals surface area contributed by atoms with Crippen LogP contribution in [0.3, 0.4) is 0 Å². The molecule has 0 aromatic carbocycles. The van der Waals surface area contributed by atoms with Crippen LogP contribution in [0.25, 0.3) is 0 Å². The number of hydrogen-bond donors (Lipinski definition) is 1. The van der Waals surface area contributed by atoms with Crippen molar-refractivity contribution in [1.82, 2.24) is 15.1 Å². The van der Waals surface area contributed by atoms with E-state index in [1.807, 2.05) is 12.2 Å². The van der Waals surface area contributed by atoms with Gasteiger partial charge in [0, 0.05) is 19.0 Å². The minimum absolute atomic E-state index is 0.0371. The highest BCUT2D eigenvalue weighted by Crippen LogP contribution is 2.30.